The average molecular weight is 273 g/mol. The molecule has 1 amide bonds. The second-order valence-electron chi connectivity index (χ2n) is 5.86. The molecule has 1 heterocycles. The Bertz CT molecular complexity index is 546. The summed E-state index contributed by atoms with van der Waals surface area (Å²) in [6.07, 6.45) is 3.88. The Morgan fingerprint density at radius 2 is 2.10 bits per heavy atom. The lowest BCUT2D eigenvalue weighted by Crippen LogP contribution is -2.39. The van der Waals surface area contributed by atoms with Gasteiger partial charge in [-0.25, -0.2) is 0 Å². The minimum Gasteiger partial charge on any atom is -0.458 e. The van der Waals surface area contributed by atoms with Crippen LogP contribution in [0, 0.1) is 12.8 Å². The van der Waals surface area contributed by atoms with Crippen molar-refractivity contribution in [2.75, 3.05) is 5.32 Å². The number of aryl methyl sites for hydroxylation is 1. The summed E-state index contributed by atoms with van der Waals surface area (Å²) in [5, 5.41) is 2.93. The molecule has 0 aromatic heterocycles. The summed E-state index contributed by atoms with van der Waals surface area (Å²) in [6, 6.07) is 7.68. The average Bonchev–Trinajstić information content (AvgIpc) is 2.97. The molecule has 0 unspecified atom stereocenters. The highest BCUT2D eigenvalue weighted by atomic mass is 16.6. The molecular weight excluding hydrogens is 254 g/mol. The second-order valence-corrected chi connectivity index (χ2v) is 5.86. The standard InChI is InChI=1S/C16H19NO3/c1-11-5-4-6-12(9-11)17-15(19)13-10-14(18)20-16(13)7-2-3-8-16/h4-6,9,13H,2-3,7-8,10H2,1H3,(H,17,19)/t13-/m0/s1. The minimum absolute atomic E-state index is 0.0941. The molecule has 20 heavy (non-hydrogen) atoms. The molecule has 1 atom stereocenters. The van der Waals surface area contributed by atoms with Crippen LogP contribution in [0.15, 0.2) is 24.3 Å². The van der Waals surface area contributed by atoms with Crippen LogP contribution in [-0.4, -0.2) is 17.5 Å². The number of nitrogens with one attached hydrogen (secondary N) is 1. The molecule has 106 valence electrons. The molecule has 4 heteroatoms. The van der Waals surface area contributed by atoms with Gasteiger partial charge in [0.15, 0.2) is 0 Å². The first-order valence-electron chi connectivity index (χ1n) is 7.18. The number of rotatable bonds is 2. The highest BCUT2D eigenvalue weighted by molar-refractivity contribution is 5.97. The summed E-state index contributed by atoms with van der Waals surface area (Å²) in [5.41, 5.74) is 1.34. The van der Waals surface area contributed by atoms with Gasteiger partial charge in [-0.15, -0.1) is 0 Å². The largest absolute Gasteiger partial charge is 0.458 e. The topological polar surface area (TPSA) is 55.4 Å². The quantitative estimate of drug-likeness (QED) is 0.843. The third-order valence-corrected chi connectivity index (χ3v) is 4.37. The fourth-order valence-electron chi connectivity index (χ4n) is 3.40. The van der Waals surface area contributed by atoms with Crippen molar-refractivity contribution in [1.82, 2.24) is 0 Å². The lowest BCUT2D eigenvalue weighted by Gasteiger charge is -2.27. The SMILES string of the molecule is Cc1cccc(NC(=O)[C@@H]2CC(=O)OC23CCCC3)c1. The van der Waals surface area contributed by atoms with E-state index in [9.17, 15) is 9.59 Å². The highest BCUT2D eigenvalue weighted by Gasteiger charge is 2.53. The van der Waals surface area contributed by atoms with E-state index in [1.807, 2.05) is 31.2 Å². The van der Waals surface area contributed by atoms with Crippen molar-refractivity contribution in [3.63, 3.8) is 0 Å². The summed E-state index contributed by atoms with van der Waals surface area (Å²) in [7, 11) is 0. The van der Waals surface area contributed by atoms with Crippen molar-refractivity contribution in [3.8, 4) is 0 Å². The molecule has 1 aliphatic carbocycles. The molecule has 1 spiro atoms. The van der Waals surface area contributed by atoms with Gasteiger partial charge in [0.05, 0.1) is 12.3 Å². The molecule has 2 fully saturated rings. The van der Waals surface area contributed by atoms with E-state index in [1.54, 1.807) is 0 Å². The molecular formula is C16H19NO3. The van der Waals surface area contributed by atoms with Crippen molar-refractivity contribution in [2.24, 2.45) is 5.92 Å². The van der Waals surface area contributed by atoms with Crippen LogP contribution in [-0.2, 0) is 14.3 Å². The summed E-state index contributed by atoms with van der Waals surface area (Å²) in [5.74, 6) is -0.683. The number of benzene rings is 1. The van der Waals surface area contributed by atoms with Crippen LogP contribution in [0.25, 0.3) is 0 Å². The van der Waals surface area contributed by atoms with Crippen LogP contribution in [0.5, 0.6) is 0 Å². The Morgan fingerprint density at radius 3 is 2.80 bits per heavy atom. The Balaban J connectivity index is 1.77. The van der Waals surface area contributed by atoms with Gasteiger partial charge in [-0.05, 0) is 50.3 Å². The monoisotopic (exact) mass is 273 g/mol. The zero-order chi connectivity index (χ0) is 14.2. The molecule has 1 aromatic rings. The van der Waals surface area contributed by atoms with Crippen LogP contribution < -0.4 is 5.32 Å². The van der Waals surface area contributed by atoms with E-state index in [-0.39, 0.29) is 24.2 Å². The van der Waals surface area contributed by atoms with Crippen molar-refractivity contribution in [1.29, 1.82) is 0 Å². The van der Waals surface area contributed by atoms with Gasteiger partial charge in [0.25, 0.3) is 0 Å². The maximum Gasteiger partial charge on any atom is 0.307 e. The Hall–Kier alpha value is -1.84. The van der Waals surface area contributed by atoms with Gasteiger partial charge in [0, 0.05) is 5.69 Å². The molecule has 4 nitrogen and oxygen atoms in total. The maximum absolute atomic E-state index is 12.5. The number of anilines is 1. The molecule has 2 aliphatic rings. The van der Waals surface area contributed by atoms with E-state index in [0.717, 1.165) is 36.9 Å². The number of hydrogen-bond donors (Lipinski definition) is 1. The third kappa shape index (κ3) is 2.30. The Morgan fingerprint density at radius 1 is 1.35 bits per heavy atom. The first kappa shape index (κ1) is 13.2. The lowest BCUT2D eigenvalue weighted by molar-refractivity contribution is -0.149. The third-order valence-electron chi connectivity index (χ3n) is 4.37. The van der Waals surface area contributed by atoms with Gasteiger partial charge < -0.3 is 10.1 Å². The predicted molar refractivity (Wildman–Crippen MR) is 75.2 cm³/mol. The van der Waals surface area contributed by atoms with Crippen LogP contribution in [0.4, 0.5) is 5.69 Å². The van der Waals surface area contributed by atoms with E-state index in [2.05, 4.69) is 5.32 Å². The molecule has 1 aliphatic heterocycles. The zero-order valence-corrected chi connectivity index (χ0v) is 11.6. The van der Waals surface area contributed by atoms with Crippen molar-refractivity contribution >= 4 is 17.6 Å². The zero-order valence-electron chi connectivity index (χ0n) is 11.6. The van der Waals surface area contributed by atoms with Gasteiger partial charge in [-0.1, -0.05) is 12.1 Å². The molecule has 1 aromatic carbocycles. The number of esters is 1. The fourth-order valence-corrected chi connectivity index (χ4v) is 3.40. The van der Waals surface area contributed by atoms with Crippen molar-refractivity contribution in [3.05, 3.63) is 29.8 Å². The van der Waals surface area contributed by atoms with Crippen LogP contribution in [0.1, 0.15) is 37.7 Å². The lowest BCUT2D eigenvalue weighted by atomic mass is 9.85. The smallest absolute Gasteiger partial charge is 0.307 e. The van der Waals surface area contributed by atoms with E-state index in [0.29, 0.717) is 0 Å². The van der Waals surface area contributed by atoms with E-state index in [4.69, 9.17) is 4.74 Å². The van der Waals surface area contributed by atoms with E-state index in [1.165, 1.54) is 0 Å². The normalized spacial score (nSPS) is 23.9. The predicted octanol–water partition coefficient (Wildman–Crippen LogP) is 2.81. The van der Waals surface area contributed by atoms with Gasteiger partial charge in [-0.2, -0.15) is 0 Å². The summed E-state index contributed by atoms with van der Waals surface area (Å²) >= 11 is 0. The maximum atomic E-state index is 12.5. The van der Waals surface area contributed by atoms with Crippen molar-refractivity contribution < 1.29 is 14.3 Å². The van der Waals surface area contributed by atoms with Gasteiger partial charge in [0.1, 0.15) is 5.60 Å². The highest BCUT2D eigenvalue weighted by Crippen LogP contribution is 2.45. The summed E-state index contributed by atoms with van der Waals surface area (Å²) in [6.45, 7) is 1.98. The molecule has 0 bridgehead atoms. The van der Waals surface area contributed by atoms with Gasteiger partial charge in [0.2, 0.25) is 5.91 Å². The molecule has 1 saturated heterocycles. The first-order chi connectivity index (χ1) is 9.59. The molecule has 3 rings (SSSR count). The molecule has 0 radical (unpaired) electrons. The number of ether oxygens (including phenoxy) is 1. The van der Waals surface area contributed by atoms with Crippen LogP contribution in [0.2, 0.25) is 0 Å². The number of hydrogen-bond acceptors (Lipinski definition) is 3. The molecule has 1 saturated carbocycles. The number of amides is 1. The number of carbonyl (C=O) groups is 2. The van der Waals surface area contributed by atoms with Crippen LogP contribution >= 0.6 is 0 Å². The Labute approximate surface area is 118 Å². The number of carbonyl (C=O) groups excluding carboxylic acids is 2. The van der Waals surface area contributed by atoms with E-state index < -0.39 is 5.60 Å². The van der Waals surface area contributed by atoms with E-state index >= 15 is 0 Å². The van der Waals surface area contributed by atoms with Gasteiger partial charge in [-0.3, -0.25) is 9.59 Å². The second kappa shape index (κ2) is 4.93. The fraction of sp³-hybridized carbons (Fsp3) is 0.500. The summed E-state index contributed by atoms with van der Waals surface area (Å²) in [4.78, 5) is 24.1. The van der Waals surface area contributed by atoms with Crippen LogP contribution in [0.3, 0.4) is 0 Å². The minimum atomic E-state index is -0.537. The summed E-state index contributed by atoms with van der Waals surface area (Å²) < 4.78 is 5.51. The Kier molecular flexibility index (Phi) is 3.24. The van der Waals surface area contributed by atoms with Gasteiger partial charge >= 0.3 is 5.97 Å². The van der Waals surface area contributed by atoms with Crippen molar-refractivity contribution in [2.45, 2.75) is 44.6 Å². The molecule has 1 N–H and O–H groups in total. The first-order valence-corrected chi connectivity index (χ1v) is 7.18.